The van der Waals surface area contributed by atoms with E-state index in [1.807, 2.05) is 132 Å². The van der Waals surface area contributed by atoms with Crippen LogP contribution in [0.15, 0.2) is 143 Å². The quantitative estimate of drug-likeness (QED) is 0.0238. The van der Waals surface area contributed by atoms with Gasteiger partial charge in [-0.25, -0.2) is 26.7 Å². The van der Waals surface area contributed by atoms with E-state index < -0.39 is 26.7 Å². The minimum atomic E-state index is -3.97. The number of para-hydroxylation sites is 8. The molecule has 0 heterocycles. The molecule has 0 spiro atoms. The van der Waals surface area contributed by atoms with Gasteiger partial charge >= 0.3 is 0 Å². The Hall–Kier alpha value is -6.62. The van der Waals surface area contributed by atoms with Crippen molar-refractivity contribution in [2.45, 2.75) is 89.5 Å². The third kappa shape index (κ3) is 20.8. The number of ether oxygens (including phenoxy) is 8. The average molecular weight is 1150 g/mol. The Bertz CT molecular complexity index is 2970. The molecule has 80 heavy (non-hydrogen) atoms. The molecule has 0 aliphatic carbocycles. The van der Waals surface area contributed by atoms with Crippen LogP contribution in [-0.4, -0.2) is 123 Å². The van der Waals surface area contributed by atoms with Gasteiger partial charge in [0.2, 0.25) is 20.0 Å². The highest BCUT2D eigenvalue weighted by Gasteiger charge is 2.22. The molecule has 0 saturated carbocycles. The van der Waals surface area contributed by atoms with Crippen molar-refractivity contribution in [1.29, 1.82) is 0 Å². The number of aliphatic hydroxyl groups excluding tert-OH is 2. The molecule has 436 valence electrons. The molecule has 0 aliphatic rings. The maximum Gasteiger partial charge on any atom is 0.241 e. The van der Waals surface area contributed by atoms with Gasteiger partial charge in [-0.05, 0) is 137 Å². The monoisotopic (exact) mass is 1140 g/mol. The lowest BCUT2D eigenvalue weighted by Crippen LogP contribution is -2.40. The molecule has 0 fully saturated rings. The van der Waals surface area contributed by atoms with Crippen LogP contribution >= 0.6 is 0 Å². The summed E-state index contributed by atoms with van der Waals surface area (Å²) in [5.41, 5.74) is 2.24. The van der Waals surface area contributed by atoms with Gasteiger partial charge in [-0.15, -0.1) is 0 Å². The number of rotatable bonds is 35. The molecule has 2 atom stereocenters. The lowest BCUT2D eigenvalue weighted by atomic mass is 10.0. The molecule has 6 N–H and O–H groups in total. The van der Waals surface area contributed by atoms with Crippen molar-refractivity contribution >= 4 is 20.0 Å². The molecule has 0 amide bonds. The summed E-state index contributed by atoms with van der Waals surface area (Å²) in [6.45, 7) is 16.4. The Morgan fingerprint density at radius 1 is 0.475 bits per heavy atom. The zero-order valence-electron chi connectivity index (χ0n) is 46.8. The number of primary sulfonamides is 1. The molecule has 0 bridgehead atoms. The van der Waals surface area contributed by atoms with Crippen LogP contribution in [0, 0.1) is 0 Å². The first-order chi connectivity index (χ1) is 38.6. The van der Waals surface area contributed by atoms with E-state index in [9.17, 15) is 27.0 Å². The predicted octanol–water partition coefficient (Wildman–Crippen LogP) is 7.95. The second-order valence-corrected chi connectivity index (χ2v) is 21.5. The molecule has 6 rings (SSSR count). The van der Waals surface area contributed by atoms with Gasteiger partial charge in [0, 0.05) is 38.3 Å². The molecule has 0 unspecified atom stereocenters. The highest BCUT2D eigenvalue weighted by molar-refractivity contribution is 7.89. The first kappa shape index (κ1) is 64.2. The van der Waals surface area contributed by atoms with Crippen molar-refractivity contribution in [3.05, 3.63) is 156 Å². The zero-order valence-corrected chi connectivity index (χ0v) is 48.4. The third-order valence-corrected chi connectivity index (χ3v) is 14.8. The first-order valence-electron chi connectivity index (χ1n) is 27.0. The maximum atomic E-state index is 13.1. The Morgan fingerprint density at radius 2 is 0.825 bits per heavy atom. The number of hydrogen-bond acceptors (Lipinski definition) is 16. The SMILES string of the molecule is CCOc1ccccc1OCCN(CCOc1ccccc1OCC)[C@H](C)Cc1ccc(CO)c(S(N)(=O)=O)c1.CCOc1ccccc1OCCN[C@H](C)Cc1ccc(CO)c(S(=O)(=O)NCCOc2ccccc2OCC)c1. The molecule has 0 radical (unpaired) electrons. The molecule has 6 aromatic carbocycles. The summed E-state index contributed by atoms with van der Waals surface area (Å²) in [6.07, 6.45) is 1.15. The summed E-state index contributed by atoms with van der Waals surface area (Å²) in [4.78, 5) is 2.23. The minimum Gasteiger partial charge on any atom is -0.490 e. The molecule has 6 aromatic rings. The summed E-state index contributed by atoms with van der Waals surface area (Å²) in [5.74, 6) is 5.31. The fourth-order valence-electron chi connectivity index (χ4n) is 8.48. The molecule has 0 aliphatic heterocycles. The van der Waals surface area contributed by atoms with Gasteiger partial charge < -0.3 is 53.4 Å². The molecule has 0 saturated heterocycles. The van der Waals surface area contributed by atoms with Crippen molar-refractivity contribution < 1.29 is 64.9 Å². The van der Waals surface area contributed by atoms with Gasteiger partial charge in [0.25, 0.3) is 0 Å². The van der Waals surface area contributed by atoms with Crippen LogP contribution in [0.1, 0.15) is 63.8 Å². The van der Waals surface area contributed by atoms with Crippen LogP contribution in [0.2, 0.25) is 0 Å². The van der Waals surface area contributed by atoms with E-state index in [-0.39, 0.29) is 47.2 Å². The van der Waals surface area contributed by atoms with Gasteiger partial charge in [0.15, 0.2) is 46.0 Å². The number of nitrogens with zero attached hydrogens (tertiary/aromatic N) is 1. The van der Waals surface area contributed by atoms with Gasteiger partial charge in [-0.1, -0.05) is 72.8 Å². The van der Waals surface area contributed by atoms with E-state index in [4.69, 9.17) is 43.0 Å². The third-order valence-electron chi connectivity index (χ3n) is 12.3. The van der Waals surface area contributed by atoms with E-state index in [2.05, 4.69) is 21.9 Å². The maximum absolute atomic E-state index is 13.1. The van der Waals surface area contributed by atoms with Crippen LogP contribution in [0.5, 0.6) is 46.0 Å². The highest BCUT2D eigenvalue weighted by Crippen LogP contribution is 2.30. The van der Waals surface area contributed by atoms with E-state index >= 15 is 0 Å². The van der Waals surface area contributed by atoms with E-state index in [0.29, 0.717) is 130 Å². The van der Waals surface area contributed by atoms with Crippen molar-refractivity contribution in [1.82, 2.24) is 14.9 Å². The molecular weight excluding hydrogens is 1060 g/mol. The zero-order chi connectivity index (χ0) is 57.8. The minimum absolute atomic E-state index is 0.00442. The number of hydrogen-bond donors (Lipinski definition) is 5. The lowest BCUT2D eigenvalue weighted by molar-refractivity contribution is 0.137. The lowest BCUT2D eigenvalue weighted by Gasteiger charge is -2.29. The van der Waals surface area contributed by atoms with Crippen molar-refractivity contribution in [2.24, 2.45) is 5.14 Å². The van der Waals surface area contributed by atoms with Gasteiger partial charge in [-0.3, -0.25) is 4.90 Å². The van der Waals surface area contributed by atoms with Gasteiger partial charge in [0.05, 0.1) is 49.4 Å². The molecule has 0 aromatic heterocycles. The first-order valence-corrected chi connectivity index (χ1v) is 30.0. The Kier molecular flexibility index (Phi) is 27.2. The standard InChI is InChI=1S/2C30H40N2O7S/c1-4-36-26-10-6-8-12-28(26)38-18-16-32(17-19-39-29-13-9-7-11-27(29)37-5-2)23(3)20-24-14-15-25(22-33)30(21-24)40(31,34)35;1-4-36-26-10-6-8-12-28(26)38-18-16-31-23(3)20-24-14-15-25(22-33)30(21-24)40(34,35)32-17-19-39-29-13-9-7-11-27(29)37-5-2/h6-15,21,23,33H,4-5,16-20,22H2,1-3H3,(H2,31,34,35);6-15,21,23,31-33H,4-5,16-20,22H2,1-3H3/t2*23-/m11/s1. The van der Waals surface area contributed by atoms with E-state index in [0.717, 1.165) is 11.1 Å². The van der Waals surface area contributed by atoms with Crippen LogP contribution in [0.25, 0.3) is 0 Å². The van der Waals surface area contributed by atoms with Gasteiger partial charge in [0.1, 0.15) is 26.4 Å². The molecular formula is C60H80N4O14S2. The van der Waals surface area contributed by atoms with Crippen LogP contribution < -0.4 is 53.1 Å². The van der Waals surface area contributed by atoms with Crippen molar-refractivity contribution in [2.75, 3.05) is 79.0 Å². The number of aliphatic hydroxyl groups is 2. The summed E-state index contributed by atoms with van der Waals surface area (Å²) < 4.78 is 99.2. The molecule has 18 nitrogen and oxygen atoms in total. The summed E-state index contributed by atoms with van der Waals surface area (Å²) in [5, 5.41) is 28.1. The van der Waals surface area contributed by atoms with Crippen molar-refractivity contribution in [3.63, 3.8) is 0 Å². The number of sulfonamides is 2. The second kappa shape index (κ2) is 33.8. The summed E-state index contributed by atoms with van der Waals surface area (Å²) in [6, 6.07) is 40.1. The van der Waals surface area contributed by atoms with Crippen molar-refractivity contribution in [3.8, 4) is 46.0 Å². The van der Waals surface area contributed by atoms with Gasteiger partial charge in [-0.2, -0.15) is 0 Å². The topological polar surface area (TPSA) is 236 Å². The van der Waals surface area contributed by atoms with E-state index in [1.165, 1.54) is 0 Å². The Morgan fingerprint density at radius 3 is 1.21 bits per heavy atom. The van der Waals surface area contributed by atoms with Crippen LogP contribution in [0.4, 0.5) is 0 Å². The fourth-order valence-corrected chi connectivity index (χ4v) is 10.6. The molecule has 20 heteroatoms. The Labute approximate surface area is 473 Å². The highest BCUT2D eigenvalue weighted by atomic mass is 32.2. The number of benzene rings is 6. The number of nitrogens with one attached hydrogen (secondary N) is 2. The smallest absolute Gasteiger partial charge is 0.241 e. The Balaban J connectivity index is 0.000000294. The van der Waals surface area contributed by atoms with Crippen LogP contribution in [0.3, 0.4) is 0 Å². The summed E-state index contributed by atoms with van der Waals surface area (Å²) >= 11 is 0. The number of nitrogens with two attached hydrogens (primary N) is 1. The second-order valence-electron chi connectivity index (χ2n) is 18.2. The fraction of sp³-hybridized carbons (Fsp3) is 0.400. The normalized spacial score (nSPS) is 12.2. The van der Waals surface area contributed by atoms with E-state index in [1.54, 1.807) is 36.4 Å². The average Bonchev–Trinajstić information content (AvgIpc) is 3.49. The largest absolute Gasteiger partial charge is 0.490 e. The van der Waals surface area contributed by atoms with Crippen LogP contribution in [-0.2, 0) is 46.1 Å². The predicted molar refractivity (Wildman–Crippen MR) is 310 cm³/mol. The summed E-state index contributed by atoms with van der Waals surface area (Å²) in [7, 11) is -7.84.